The third kappa shape index (κ3) is 3.58. The number of nitrogens with one attached hydrogen (secondary N) is 1. The Bertz CT molecular complexity index is 648. The van der Waals surface area contributed by atoms with Crippen molar-refractivity contribution < 1.29 is 22.7 Å². The van der Waals surface area contributed by atoms with Gasteiger partial charge in [0.2, 0.25) is 15.9 Å². The van der Waals surface area contributed by atoms with Gasteiger partial charge in [0.25, 0.3) is 0 Å². The fraction of sp³-hybridized carbons (Fsp3) is 0.462. The molecule has 1 heterocycles. The Kier molecular flexibility index (Phi) is 4.60. The van der Waals surface area contributed by atoms with Crippen molar-refractivity contribution >= 4 is 21.6 Å². The van der Waals surface area contributed by atoms with Crippen LogP contribution in [0.15, 0.2) is 23.1 Å². The molecule has 0 aliphatic carbocycles. The number of carbonyl (C=O) groups excluding carboxylic acids is 1. The number of rotatable bonds is 3. The molecule has 1 saturated heterocycles. The standard InChI is InChI=1S/C13H17FN2O4S/c1-9(17)15-10-4-5-13(12(14)7-10)21(19,20)16-6-2-3-11(18)8-16/h4-5,7,11,18H,2-3,6,8H2,1H3,(H,15,17). The molecule has 2 N–H and O–H groups in total. The zero-order chi connectivity index (χ0) is 15.6. The van der Waals surface area contributed by atoms with E-state index < -0.39 is 26.8 Å². The van der Waals surface area contributed by atoms with Crippen molar-refractivity contribution in [2.24, 2.45) is 0 Å². The Morgan fingerprint density at radius 2 is 2.19 bits per heavy atom. The Hall–Kier alpha value is -1.51. The SMILES string of the molecule is CC(=O)Nc1ccc(S(=O)(=O)N2CCCC(O)C2)c(F)c1. The van der Waals surface area contributed by atoms with E-state index in [1.165, 1.54) is 13.0 Å². The number of anilines is 1. The van der Waals surface area contributed by atoms with Gasteiger partial charge in [-0.05, 0) is 31.0 Å². The van der Waals surface area contributed by atoms with Gasteiger partial charge in [0, 0.05) is 25.7 Å². The van der Waals surface area contributed by atoms with Crippen LogP contribution in [0.4, 0.5) is 10.1 Å². The Labute approximate surface area is 122 Å². The minimum Gasteiger partial charge on any atom is -0.392 e. The van der Waals surface area contributed by atoms with Crippen LogP contribution >= 0.6 is 0 Å². The lowest BCUT2D eigenvalue weighted by Crippen LogP contribution is -2.42. The number of nitrogens with zero attached hydrogens (tertiary/aromatic N) is 1. The molecule has 1 atom stereocenters. The summed E-state index contributed by atoms with van der Waals surface area (Å²) in [5.41, 5.74) is 0.192. The molecule has 0 spiro atoms. The van der Waals surface area contributed by atoms with Crippen LogP contribution in [0.2, 0.25) is 0 Å². The van der Waals surface area contributed by atoms with Crippen molar-refractivity contribution in [2.75, 3.05) is 18.4 Å². The van der Waals surface area contributed by atoms with E-state index in [9.17, 15) is 22.7 Å². The van der Waals surface area contributed by atoms with Gasteiger partial charge in [-0.15, -0.1) is 0 Å². The third-order valence-electron chi connectivity index (χ3n) is 3.23. The first kappa shape index (κ1) is 15.9. The van der Waals surface area contributed by atoms with Gasteiger partial charge in [-0.1, -0.05) is 0 Å². The Balaban J connectivity index is 2.29. The number of benzene rings is 1. The summed E-state index contributed by atoms with van der Waals surface area (Å²) in [7, 11) is -3.99. The Morgan fingerprint density at radius 3 is 2.76 bits per heavy atom. The first-order chi connectivity index (χ1) is 9.80. The highest BCUT2D eigenvalue weighted by atomic mass is 32.2. The van der Waals surface area contributed by atoms with E-state index in [1.807, 2.05) is 0 Å². The van der Waals surface area contributed by atoms with Gasteiger partial charge in [0.1, 0.15) is 10.7 Å². The lowest BCUT2D eigenvalue weighted by atomic mass is 10.1. The van der Waals surface area contributed by atoms with E-state index in [4.69, 9.17) is 0 Å². The second-order valence-corrected chi connectivity index (χ2v) is 6.89. The third-order valence-corrected chi connectivity index (χ3v) is 5.13. The average molecular weight is 316 g/mol. The molecular weight excluding hydrogens is 299 g/mol. The molecule has 0 bridgehead atoms. The molecule has 1 aliphatic rings. The molecule has 1 amide bonds. The highest BCUT2D eigenvalue weighted by Gasteiger charge is 2.31. The van der Waals surface area contributed by atoms with E-state index in [-0.39, 0.29) is 24.7 Å². The maximum absolute atomic E-state index is 14.0. The molecular formula is C13H17FN2O4S. The molecule has 2 rings (SSSR count). The van der Waals surface area contributed by atoms with Crippen LogP contribution in [0.25, 0.3) is 0 Å². The number of halogens is 1. The monoisotopic (exact) mass is 316 g/mol. The number of carbonyl (C=O) groups is 1. The minimum absolute atomic E-state index is 0.0325. The van der Waals surface area contributed by atoms with Crippen LogP contribution in [-0.2, 0) is 14.8 Å². The Morgan fingerprint density at radius 1 is 1.48 bits per heavy atom. The number of aliphatic hydroxyl groups excluding tert-OH is 1. The normalized spacial score (nSPS) is 20.2. The summed E-state index contributed by atoms with van der Waals surface area (Å²) in [5, 5.41) is 11.9. The first-order valence-electron chi connectivity index (χ1n) is 6.56. The van der Waals surface area contributed by atoms with E-state index in [0.29, 0.717) is 12.8 Å². The maximum Gasteiger partial charge on any atom is 0.246 e. The highest BCUT2D eigenvalue weighted by molar-refractivity contribution is 7.89. The zero-order valence-corrected chi connectivity index (χ0v) is 12.4. The van der Waals surface area contributed by atoms with Gasteiger partial charge in [-0.2, -0.15) is 4.31 Å². The number of piperidine rings is 1. The molecule has 0 aromatic heterocycles. The predicted molar refractivity (Wildman–Crippen MR) is 74.7 cm³/mol. The van der Waals surface area contributed by atoms with Gasteiger partial charge < -0.3 is 10.4 Å². The van der Waals surface area contributed by atoms with Crippen molar-refractivity contribution in [3.63, 3.8) is 0 Å². The van der Waals surface area contributed by atoms with Crippen LogP contribution in [0.3, 0.4) is 0 Å². The van der Waals surface area contributed by atoms with E-state index in [1.54, 1.807) is 0 Å². The molecule has 21 heavy (non-hydrogen) atoms. The predicted octanol–water partition coefficient (Wildman–Crippen LogP) is 0.929. The molecule has 1 aliphatic heterocycles. The van der Waals surface area contributed by atoms with Crippen LogP contribution in [0.5, 0.6) is 0 Å². The number of hydrogen-bond donors (Lipinski definition) is 2. The summed E-state index contributed by atoms with van der Waals surface area (Å²) in [6, 6.07) is 3.42. The summed E-state index contributed by atoms with van der Waals surface area (Å²) in [6.45, 7) is 1.50. The lowest BCUT2D eigenvalue weighted by molar-refractivity contribution is -0.114. The van der Waals surface area contributed by atoms with Crippen molar-refractivity contribution in [1.82, 2.24) is 4.31 Å². The minimum atomic E-state index is -3.99. The van der Waals surface area contributed by atoms with Crippen molar-refractivity contribution in [3.05, 3.63) is 24.0 Å². The zero-order valence-electron chi connectivity index (χ0n) is 11.5. The van der Waals surface area contributed by atoms with Crippen LogP contribution < -0.4 is 5.32 Å². The molecule has 0 saturated carbocycles. The number of β-amino-alcohol motifs (C(OH)–C–C–N with tert-alkyl or cyclic N) is 1. The van der Waals surface area contributed by atoms with Crippen molar-refractivity contribution in [2.45, 2.75) is 30.8 Å². The number of aliphatic hydroxyl groups is 1. The smallest absolute Gasteiger partial charge is 0.246 e. The largest absolute Gasteiger partial charge is 0.392 e. The molecule has 8 heteroatoms. The van der Waals surface area contributed by atoms with Crippen molar-refractivity contribution in [3.8, 4) is 0 Å². The molecule has 1 unspecified atom stereocenters. The van der Waals surface area contributed by atoms with Crippen molar-refractivity contribution in [1.29, 1.82) is 0 Å². The van der Waals surface area contributed by atoms with Crippen LogP contribution in [0.1, 0.15) is 19.8 Å². The molecule has 6 nitrogen and oxygen atoms in total. The average Bonchev–Trinajstić information content (AvgIpc) is 2.37. The van der Waals surface area contributed by atoms with Gasteiger partial charge in [0.15, 0.2) is 0 Å². The summed E-state index contributed by atoms with van der Waals surface area (Å²) in [4.78, 5) is 10.4. The number of sulfonamides is 1. The fourth-order valence-electron chi connectivity index (χ4n) is 2.27. The number of amides is 1. The second kappa shape index (κ2) is 6.08. The van der Waals surface area contributed by atoms with Gasteiger partial charge in [-0.3, -0.25) is 4.79 Å². The number of hydrogen-bond acceptors (Lipinski definition) is 4. The van der Waals surface area contributed by atoms with E-state index in [0.717, 1.165) is 16.4 Å². The molecule has 1 aromatic rings. The molecule has 0 radical (unpaired) electrons. The topological polar surface area (TPSA) is 86.7 Å². The van der Waals surface area contributed by atoms with Gasteiger partial charge in [0.05, 0.1) is 6.10 Å². The van der Waals surface area contributed by atoms with E-state index in [2.05, 4.69) is 5.32 Å². The summed E-state index contributed by atoms with van der Waals surface area (Å²) in [5.74, 6) is -1.30. The van der Waals surface area contributed by atoms with Crippen LogP contribution in [-0.4, -0.2) is 42.9 Å². The summed E-state index contributed by atoms with van der Waals surface area (Å²) in [6.07, 6.45) is 0.345. The van der Waals surface area contributed by atoms with Gasteiger partial charge in [-0.25, -0.2) is 12.8 Å². The fourth-order valence-corrected chi connectivity index (χ4v) is 3.83. The van der Waals surface area contributed by atoms with Gasteiger partial charge >= 0.3 is 0 Å². The maximum atomic E-state index is 14.0. The second-order valence-electron chi connectivity index (χ2n) is 4.99. The van der Waals surface area contributed by atoms with Crippen LogP contribution in [0, 0.1) is 5.82 Å². The first-order valence-corrected chi connectivity index (χ1v) is 8.00. The molecule has 1 aromatic carbocycles. The summed E-state index contributed by atoms with van der Waals surface area (Å²) < 4.78 is 39.9. The summed E-state index contributed by atoms with van der Waals surface area (Å²) >= 11 is 0. The molecule has 1 fully saturated rings. The quantitative estimate of drug-likeness (QED) is 0.868. The molecule has 116 valence electrons. The van der Waals surface area contributed by atoms with E-state index >= 15 is 0 Å². The lowest BCUT2D eigenvalue weighted by Gasteiger charge is -2.29. The highest BCUT2D eigenvalue weighted by Crippen LogP contribution is 2.25.